The summed E-state index contributed by atoms with van der Waals surface area (Å²) in [6.07, 6.45) is 0.385. The van der Waals surface area contributed by atoms with Gasteiger partial charge in [0.15, 0.2) is 0 Å². The van der Waals surface area contributed by atoms with Gasteiger partial charge in [-0.15, -0.1) is 0 Å². The molecule has 126 valence electrons. The Morgan fingerprint density at radius 3 is 2.76 bits per heavy atom. The Kier molecular flexibility index (Phi) is 4.13. The minimum absolute atomic E-state index is 0.0790. The quantitative estimate of drug-likeness (QED) is 0.659. The third-order valence-electron chi connectivity index (χ3n) is 4.33. The first kappa shape index (κ1) is 16.0. The second-order valence-electron chi connectivity index (χ2n) is 6.21. The lowest BCUT2D eigenvalue weighted by atomic mass is 10.1. The van der Waals surface area contributed by atoms with Crippen LogP contribution in [0, 0.1) is 6.92 Å². The molecule has 1 saturated heterocycles. The molecule has 0 bridgehead atoms. The van der Waals surface area contributed by atoms with Crippen LogP contribution in [0.3, 0.4) is 0 Å². The van der Waals surface area contributed by atoms with Crippen LogP contribution in [0.1, 0.15) is 23.8 Å². The third-order valence-corrected chi connectivity index (χ3v) is 4.86. The average molecular weight is 398 g/mol. The van der Waals surface area contributed by atoms with Gasteiger partial charge in [-0.3, -0.25) is 4.79 Å². The van der Waals surface area contributed by atoms with Crippen molar-refractivity contribution in [2.24, 2.45) is 0 Å². The summed E-state index contributed by atoms with van der Waals surface area (Å²) in [5.74, 6) is 1.06. The molecule has 1 fully saturated rings. The van der Waals surface area contributed by atoms with Crippen LogP contribution in [0.2, 0.25) is 0 Å². The van der Waals surface area contributed by atoms with Crippen molar-refractivity contribution in [3.8, 4) is 11.4 Å². The topological polar surface area (TPSA) is 59.2 Å². The molecule has 1 aromatic heterocycles. The Morgan fingerprint density at radius 2 is 2.00 bits per heavy atom. The highest BCUT2D eigenvalue weighted by Gasteiger charge is 2.35. The maximum atomic E-state index is 12.4. The molecule has 2 heterocycles. The van der Waals surface area contributed by atoms with Crippen molar-refractivity contribution in [2.75, 3.05) is 11.4 Å². The molecule has 0 saturated carbocycles. The molecule has 1 aliphatic rings. The van der Waals surface area contributed by atoms with E-state index in [1.54, 1.807) is 4.90 Å². The van der Waals surface area contributed by atoms with Gasteiger partial charge in [-0.05, 0) is 48.9 Å². The van der Waals surface area contributed by atoms with Gasteiger partial charge in [0.1, 0.15) is 0 Å². The van der Waals surface area contributed by atoms with Crippen LogP contribution in [0.25, 0.3) is 11.4 Å². The van der Waals surface area contributed by atoms with Gasteiger partial charge in [-0.25, -0.2) is 0 Å². The first-order chi connectivity index (χ1) is 12.1. The molecule has 1 unspecified atom stereocenters. The van der Waals surface area contributed by atoms with E-state index in [1.165, 1.54) is 0 Å². The van der Waals surface area contributed by atoms with Gasteiger partial charge < -0.3 is 9.42 Å². The van der Waals surface area contributed by atoms with E-state index >= 15 is 0 Å². The first-order valence-corrected chi connectivity index (χ1v) is 8.86. The van der Waals surface area contributed by atoms with E-state index in [2.05, 4.69) is 26.1 Å². The number of benzene rings is 2. The Balaban J connectivity index is 1.55. The number of halogens is 1. The molecule has 0 N–H and O–H groups in total. The van der Waals surface area contributed by atoms with Crippen molar-refractivity contribution in [3.63, 3.8) is 0 Å². The summed E-state index contributed by atoms with van der Waals surface area (Å²) < 4.78 is 6.43. The fourth-order valence-electron chi connectivity index (χ4n) is 3.04. The van der Waals surface area contributed by atoms with Crippen LogP contribution in [0.5, 0.6) is 0 Å². The minimum Gasteiger partial charge on any atom is -0.339 e. The Morgan fingerprint density at radius 1 is 1.20 bits per heavy atom. The molecule has 25 heavy (non-hydrogen) atoms. The first-order valence-electron chi connectivity index (χ1n) is 8.07. The predicted molar refractivity (Wildman–Crippen MR) is 98.3 cm³/mol. The van der Waals surface area contributed by atoms with Crippen LogP contribution in [0.15, 0.2) is 57.5 Å². The van der Waals surface area contributed by atoms with Crippen molar-refractivity contribution in [3.05, 3.63) is 64.5 Å². The molecule has 0 radical (unpaired) electrons. The molecule has 5 nitrogen and oxygen atoms in total. The fourth-order valence-corrected chi connectivity index (χ4v) is 3.30. The molecule has 2 aromatic carbocycles. The molecule has 0 spiro atoms. The molecular formula is C19H16BrN3O2. The number of aromatic nitrogens is 2. The van der Waals surface area contributed by atoms with Crippen molar-refractivity contribution in [1.82, 2.24) is 10.1 Å². The van der Waals surface area contributed by atoms with E-state index in [9.17, 15) is 4.79 Å². The van der Waals surface area contributed by atoms with Gasteiger partial charge in [0, 0.05) is 28.7 Å². The monoisotopic (exact) mass is 397 g/mol. The van der Waals surface area contributed by atoms with Crippen LogP contribution in [-0.2, 0) is 4.79 Å². The standard InChI is InChI=1S/C19H16BrN3O2/c1-12-3-2-4-16(9-12)23-11-14(10-17(23)24)19-21-18(22-25-19)13-5-7-15(20)8-6-13/h2-9,14H,10-11H2,1H3. The zero-order chi connectivity index (χ0) is 17.4. The minimum atomic E-state index is -0.0790. The van der Waals surface area contributed by atoms with E-state index in [1.807, 2.05) is 55.5 Å². The largest absolute Gasteiger partial charge is 0.339 e. The fraction of sp³-hybridized carbons (Fsp3) is 0.211. The lowest BCUT2D eigenvalue weighted by molar-refractivity contribution is -0.117. The SMILES string of the molecule is Cc1cccc(N2CC(c3nc(-c4ccc(Br)cc4)no3)CC2=O)c1. The number of rotatable bonds is 3. The Bertz CT molecular complexity index is 920. The smallest absolute Gasteiger partial charge is 0.232 e. The molecule has 4 rings (SSSR count). The number of anilines is 1. The number of hydrogen-bond acceptors (Lipinski definition) is 4. The molecule has 1 atom stereocenters. The summed E-state index contributed by atoms with van der Waals surface area (Å²) in [5, 5.41) is 4.07. The molecule has 6 heteroatoms. The third kappa shape index (κ3) is 3.22. The maximum absolute atomic E-state index is 12.4. The zero-order valence-electron chi connectivity index (χ0n) is 13.6. The average Bonchev–Trinajstić information content (AvgIpc) is 3.22. The molecule has 0 aliphatic carbocycles. The number of aryl methyl sites for hydroxylation is 1. The molecule has 3 aromatic rings. The normalized spacial score (nSPS) is 17.3. The van der Waals surface area contributed by atoms with Crippen LogP contribution >= 0.6 is 15.9 Å². The molecule has 1 aliphatic heterocycles. The predicted octanol–water partition coefficient (Wildman–Crippen LogP) is 4.33. The van der Waals surface area contributed by atoms with E-state index < -0.39 is 0 Å². The number of carbonyl (C=O) groups excluding carboxylic acids is 1. The lowest BCUT2D eigenvalue weighted by Gasteiger charge is -2.16. The van der Waals surface area contributed by atoms with Crippen molar-refractivity contribution in [2.45, 2.75) is 19.3 Å². The van der Waals surface area contributed by atoms with Gasteiger partial charge in [0.05, 0.1) is 5.92 Å². The van der Waals surface area contributed by atoms with Gasteiger partial charge in [-0.1, -0.05) is 33.2 Å². The second kappa shape index (κ2) is 6.44. The summed E-state index contributed by atoms with van der Waals surface area (Å²) in [6, 6.07) is 15.7. The number of nitrogens with zero attached hydrogens (tertiary/aromatic N) is 3. The lowest BCUT2D eigenvalue weighted by Crippen LogP contribution is -2.24. The summed E-state index contributed by atoms with van der Waals surface area (Å²) in [7, 11) is 0. The Hall–Kier alpha value is -2.47. The summed E-state index contributed by atoms with van der Waals surface area (Å²) in [4.78, 5) is 18.7. The highest BCUT2D eigenvalue weighted by Crippen LogP contribution is 2.32. The van der Waals surface area contributed by atoms with Crippen molar-refractivity contribution in [1.29, 1.82) is 0 Å². The maximum Gasteiger partial charge on any atom is 0.232 e. The summed E-state index contributed by atoms with van der Waals surface area (Å²) >= 11 is 3.41. The van der Waals surface area contributed by atoms with Crippen molar-refractivity contribution >= 4 is 27.5 Å². The number of amides is 1. The number of carbonyl (C=O) groups is 1. The van der Waals surface area contributed by atoms with E-state index in [4.69, 9.17) is 4.52 Å². The molecular weight excluding hydrogens is 382 g/mol. The summed E-state index contributed by atoms with van der Waals surface area (Å²) in [5.41, 5.74) is 2.93. The van der Waals surface area contributed by atoms with Gasteiger partial charge >= 0.3 is 0 Å². The van der Waals surface area contributed by atoms with Gasteiger partial charge in [0.25, 0.3) is 0 Å². The van der Waals surface area contributed by atoms with E-state index in [0.29, 0.717) is 24.7 Å². The van der Waals surface area contributed by atoms with Crippen LogP contribution in [-0.4, -0.2) is 22.6 Å². The van der Waals surface area contributed by atoms with E-state index in [-0.39, 0.29) is 11.8 Å². The van der Waals surface area contributed by atoms with Gasteiger partial charge in [0.2, 0.25) is 17.6 Å². The van der Waals surface area contributed by atoms with E-state index in [0.717, 1.165) is 21.3 Å². The van der Waals surface area contributed by atoms with Crippen LogP contribution < -0.4 is 4.90 Å². The zero-order valence-corrected chi connectivity index (χ0v) is 15.2. The van der Waals surface area contributed by atoms with Crippen molar-refractivity contribution < 1.29 is 9.32 Å². The highest BCUT2D eigenvalue weighted by atomic mass is 79.9. The second-order valence-corrected chi connectivity index (χ2v) is 7.12. The van der Waals surface area contributed by atoms with Gasteiger partial charge in [-0.2, -0.15) is 4.98 Å². The highest BCUT2D eigenvalue weighted by molar-refractivity contribution is 9.10. The summed E-state index contributed by atoms with van der Waals surface area (Å²) in [6.45, 7) is 2.58. The number of hydrogen-bond donors (Lipinski definition) is 0. The van der Waals surface area contributed by atoms with Crippen LogP contribution in [0.4, 0.5) is 5.69 Å². The molecule has 1 amide bonds. The Labute approximate surface area is 153 Å².